The van der Waals surface area contributed by atoms with Crippen LogP contribution in [0.15, 0.2) is 53.9 Å². The van der Waals surface area contributed by atoms with Gasteiger partial charge in [-0.1, -0.05) is 29.8 Å². The van der Waals surface area contributed by atoms with Crippen molar-refractivity contribution in [2.45, 2.75) is 0 Å². The molecule has 0 spiro atoms. The van der Waals surface area contributed by atoms with Crippen LogP contribution in [0.1, 0.15) is 16.1 Å². The maximum atomic E-state index is 13.6. The van der Waals surface area contributed by atoms with Crippen LogP contribution in [0.4, 0.5) is 8.78 Å². The van der Waals surface area contributed by atoms with Crippen molar-refractivity contribution in [3.63, 3.8) is 0 Å². The number of rotatable bonds is 4. The summed E-state index contributed by atoms with van der Waals surface area (Å²) in [5, 5.41) is 3.15. The number of ketones is 1. The van der Waals surface area contributed by atoms with Gasteiger partial charge in [0.1, 0.15) is 16.6 Å². The Kier molecular flexibility index (Phi) is 4.83. The molecule has 1 heterocycles. The predicted molar refractivity (Wildman–Crippen MR) is 92.3 cm³/mol. The molecule has 0 aliphatic carbocycles. The van der Waals surface area contributed by atoms with E-state index in [0.29, 0.717) is 10.7 Å². The summed E-state index contributed by atoms with van der Waals surface area (Å²) in [7, 11) is 0. The van der Waals surface area contributed by atoms with Crippen LogP contribution in [0.25, 0.3) is 16.6 Å². The summed E-state index contributed by atoms with van der Waals surface area (Å²) in [6.07, 6.45) is 2.55. The van der Waals surface area contributed by atoms with Crippen molar-refractivity contribution in [2.24, 2.45) is 0 Å². The second-order valence-corrected chi connectivity index (χ2v) is 6.17. The molecule has 0 aliphatic heterocycles. The topological polar surface area (TPSA) is 30.0 Å². The molecule has 0 radical (unpaired) electrons. The van der Waals surface area contributed by atoms with E-state index in [-0.39, 0.29) is 0 Å². The van der Waals surface area contributed by atoms with Crippen molar-refractivity contribution < 1.29 is 13.6 Å². The van der Waals surface area contributed by atoms with Crippen molar-refractivity contribution in [1.82, 2.24) is 4.98 Å². The molecular formula is C18H10ClF2NOS. The van der Waals surface area contributed by atoms with E-state index in [9.17, 15) is 13.6 Å². The molecular weight excluding hydrogens is 352 g/mol. The van der Waals surface area contributed by atoms with Crippen molar-refractivity contribution in [1.29, 1.82) is 0 Å². The third-order valence-corrected chi connectivity index (χ3v) is 4.39. The number of carbonyl (C=O) groups is 1. The van der Waals surface area contributed by atoms with Gasteiger partial charge in [0.2, 0.25) is 0 Å². The Balaban J connectivity index is 1.80. The summed E-state index contributed by atoms with van der Waals surface area (Å²) in [4.78, 5) is 16.3. The Morgan fingerprint density at radius 2 is 1.75 bits per heavy atom. The molecule has 0 saturated carbocycles. The molecule has 24 heavy (non-hydrogen) atoms. The van der Waals surface area contributed by atoms with Crippen LogP contribution in [0.5, 0.6) is 0 Å². The van der Waals surface area contributed by atoms with E-state index in [2.05, 4.69) is 4.98 Å². The Labute approximate surface area is 146 Å². The molecule has 1 aromatic heterocycles. The summed E-state index contributed by atoms with van der Waals surface area (Å²) in [5.74, 6) is -2.51. The van der Waals surface area contributed by atoms with Crippen LogP contribution in [-0.2, 0) is 0 Å². The van der Waals surface area contributed by atoms with Crippen LogP contribution in [0.3, 0.4) is 0 Å². The SMILES string of the molecule is O=C(/C=C/c1csc(-c2ccc(Cl)cc2)n1)c1c(F)cccc1F. The molecule has 0 atom stereocenters. The number of allylic oxidation sites excluding steroid dienone is 1. The van der Waals surface area contributed by atoms with E-state index in [1.54, 1.807) is 17.5 Å². The Hall–Kier alpha value is -2.37. The van der Waals surface area contributed by atoms with Gasteiger partial charge in [-0.15, -0.1) is 11.3 Å². The summed E-state index contributed by atoms with van der Waals surface area (Å²) >= 11 is 7.24. The first-order valence-corrected chi connectivity index (χ1v) is 8.18. The highest BCUT2D eigenvalue weighted by Crippen LogP contribution is 2.25. The molecule has 120 valence electrons. The Morgan fingerprint density at radius 1 is 1.08 bits per heavy atom. The summed E-state index contributed by atoms with van der Waals surface area (Å²) in [6.45, 7) is 0. The molecule has 0 N–H and O–H groups in total. The van der Waals surface area contributed by atoms with Gasteiger partial charge in [-0.3, -0.25) is 4.79 Å². The number of hydrogen-bond donors (Lipinski definition) is 0. The van der Waals surface area contributed by atoms with Gasteiger partial charge in [0, 0.05) is 16.0 Å². The lowest BCUT2D eigenvalue weighted by atomic mass is 10.1. The number of thiazole rings is 1. The van der Waals surface area contributed by atoms with Gasteiger partial charge in [-0.2, -0.15) is 0 Å². The maximum absolute atomic E-state index is 13.6. The average Bonchev–Trinajstić information content (AvgIpc) is 3.02. The highest BCUT2D eigenvalue weighted by molar-refractivity contribution is 7.13. The van der Waals surface area contributed by atoms with Crippen LogP contribution < -0.4 is 0 Å². The zero-order valence-electron chi connectivity index (χ0n) is 12.2. The predicted octanol–water partition coefficient (Wildman–Crippen LogP) is 5.64. The standard InChI is InChI=1S/C18H10ClF2NOS/c19-12-6-4-11(5-7-12)18-22-13(10-24-18)8-9-16(23)17-14(20)2-1-3-15(17)21/h1-10H/b9-8+. The van der Waals surface area contributed by atoms with Crippen molar-refractivity contribution in [2.75, 3.05) is 0 Å². The van der Waals surface area contributed by atoms with Gasteiger partial charge in [0.05, 0.1) is 11.3 Å². The van der Waals surface area contributed by atoms with Crippen LogP contribution in [0.2, 0.25) is 5.02 Å². The number of carbonyl (C=O) groups excluding carboxylic acids is 1. The van der Waals surface area contributed by atoms with E-state index in [1.807, 2.05) is 12.1 Å². The molecule has 6 heteroatoms. The van der Waals surface area contributed by atoms with Crippen LogP contribution >= 0.6 is 22.9 Å². The van der Waals surface area contributed by atoms with Gasteiger partial charge in [-0.25, -0.2) is 13.8 Å². The highest BCUT2D eigenvalue weighted by atomic mass is 35.5. The highest BCUT2D eigenvalue weighted by Gasteiger charge is 2.14. The Bertz CT molecular complexity index is 899. The van der Waals surface area contributed by atoms with E-state index < -0.39 is 23.0 Å². The molecule has 0 amide bonds. The van der Waals surface area contributed by atoms with E-state index >= 15 is 0 Å². The summed E-state index contributed by atoms with van der Waals surface area (Å²) in [6, 6.07) is 10.5. The number of aromatic nitrogens is 1. The first-order valence-electron chi connectivity index (χ1n) is 6.92. The quantitative estimate of drug-likeness (QED) is 0.444. The van der Waals surface area contributed by atoms with Gasteiger partial charge >= 0.3 is 0 Å². The van der Waals surface area contributed by atoms with E-state index in [0.717, 1.165) is 28.8 Å². The minimum Gasteiger partial charge on any atom is -0.289 e. The molecule has 3 rings (SSSR count). The van der Waals surface area contributed by atoms with Crippen molar-refractivity contribution in [3.05, 3.63) is 81.8 Å². The molecule has 0 fully saturated rings. The van der Waals surface area contributed by atoms with Gasteiger partial charge < -0.3 is 0 Å². The zero-order chi connectivity index (χ0) is 17.1. The largest absolute Gasteiger partial charge is 0.289 e. The summed E-state index contributed by atoms with van der Waals surface area (Å²) < 4.78 is 27.1. The van der Waals surface area contributed by atoms with Crippen molar-refractivity contribution >= 4 is 34.8 Å². The van der Waals surface area contributed by atoms with Gasteiger partial charge in [0.25, 0.3) is 0 Å². The number of halogens is 3. The van der Waals surface area contributed by atoms with E-state index in [1.165, 1.54) is 23.5 Å². The first kappa shape index (κ1) is 16.5. The van der Waals surface area contributed by atoms with Gasteiger partial charge in [0.15, 0.2) is 5.78 Å². The normalized spacial score (nSPS) is 11.1. The number of hydrogen-bond acceptors (Lipinski definition) is 3. The minimum absolute atomic E-state index is 0.537. The fourth-order valence-electron chi connectivity index (χ4n) is 2.07. The van der Waals surface area contributed by atoms with Crippen molar-refractivity contribution in [3.8, 4) is 10.6 Å². The molecule has 0 aliphatic rings. The van der Waals surface area contributed by atoms with Crippen LogP contribution in [0, 0.1) is 11.6 Å². The monoisotopic (exact) mass is 361 g/mol. The minimum atomic E-state index is -0.884. The lowest BCUT2D eigenvalue weighted by Crippen LogP contribution is -2.02. The third-order valence-electron chi connectivity index (χ3n) is 3.23. The second kappa shape index (κ2) is 7.03. The molecule has 3 aromatic rings. The maximum Gasteiger partial charge on any atom is 0.191 e. The molecule has 2 nitrogen and oxygen atoms in total. The number of benzene rings is 2. The lowest BCUT2D eigenvalue weighted by molar-refractivity contribution is 0.104. The fourth-order valence-corrected chi connectivity index (χ4v) is 2.99. The lowest BCUT2D eigenvalue weighted by Gasteiger charge is -1.99. The average molecular weight is 362 g/mol. The second-order valence-electron chi connectivity index (χ2n) is 4.88. The van der Waals surface area contributed by atoms with E-state index in [4.69, 9.17) is 11.6 Å². The Morgan fingerprint density at radius 3 is 2.42 bits per heavy atom. The molecule has 2 aromatic carbocycles. The third kappa shape index (κ3) is 3.58. The van der Waals surface area contributed by atoms with Gasteiger partial charge in [-0.05, 0) is 36.4 Å². The molecule has 0 bridgehead atoms. The first-order chi connectivity index (χ1) is 11.5. The smallest absolute Gasteiger partial charge is 0.191 e. The number of nitrogens with zero attached hydrogens (tertiary/aromatic N) is 1. The molecule has 0 saturated heterocycles. The molecule has 0 unspecified atom stereocenters. The van der Waals surface area contributed by atoms with Crippen LogP contribution in [-0.4, -0.2) is 10.8 Å². The fraction of sp³-hybridized carbons (Fsp3) is 0. The summed E-state index contributed by atoms with van der Waals surface area (Å²) in [5.41, 5.74) is 0.868. The zero-order valence-corrected chi connectivity index (χ0v) is 13.7.